The second-order valence-corrected chi connectivity index (χ2v) is 5.40. The summed E-state index contributed by atoms with van der Waals surface area (Å²) in [4.78, 5) is 11.6. The predicted octanol–water partition coefficient (Wildman–Crippen LogP) is 3.64. The van der Waals surface area contributed by atoms with Gasteiger partial charge >= 0.3 is 5.97 Å². The molecular weight excluding hydrogens is 322 g/mol. The summed E-state index contributed by atoms with van der Waals surface area (Å²) in [5.41, 5.74) is 1.07. The van der Waals surface area contributed by atoms with Gasteiger partial charge in [0.2, 0.25) is 0 Å². The molecule has 0 saturated carbocycles. The van der Waals surface area contributed by atoms with Crippen molar-refractivity contribution in [3.8, 4) is 0 Å². The smallest absolute Gasteiger partial charge is 0.326 e. The van der Waals surface area contributed by atoms with Gasteiger partial charge in [0, 0.05) is 11.6 Å². The molecule has 22 heavy (non-hydrogen) atoms. The number of esters is 1. The number of halogens is 1. The second-order valence-electron chi connectivity index (χ2n) is 4.09. The van der Waals surface area contributed by atoms with Crippen molar-refractivity contribution in [1.29, 1.82) is 0 Å². The Morgan fingerprint density at radius 3 is 2.59 bits per heavy atom. The van der Waals surface area contributed by atoms with Crippen LogP contribution in [0.1, 0.15) is 25.8 Å². The maximum absolute atomic E-state index is 11.6. The van der Waals surface area contributed by atoms with Crippen molar-refractivity contribution in [2.24, 2.45) is 0 Å². The van der Waals surface area contributed by atoms with E-state index >= 15 is 0 Å². The Hall–Kier alpha value is -0.750. The van der Waals surface area contributed by atoms with Gasteiger partial charge < -0.3 is 9.47 Å². The SMILES string of the molecule is CC.COC(=O)C(COCc1ccccc1)NSCCCCl. The van der Waals surface area contributed by atoms with E-state index in [0.29, 0.717) is 12.5 Å². The van der Waals surface area contributed by atoms with E-state index in [2.05, 4.69) is 4.72 Å². The van der Waals surface area contributed by atoms with Crippen LogP contribution in [0.25, 0.3) is 0 Å². The summed E-state index contributed by atoms with van der Waals surface area (Å²) in [6, 6.07) is 9.36. The Morgan fingerprint density at radius 1 is 1.32 bits per heavy atom. The van der Waals surface area contributed by atoms with Gasteiger partial charge in [0.1, 0.15) is 6.04 Å². The summed E-state index contributed by atoms with van der Waals surface area (Å²) in [5, 5.41) is 0. The lowest BCUT2D eigenvalue weighted by molar-refractivity contribution is -0.144. The summed E-state index contributed by atoms with van der Waals surface area (Å²) in [5.74, 6) is 1.13. The quantitative estimate of drug-likeness (QED) is 0.303. The summed E-state index contributed by atoms with van der Waals surface area (Å²) in [6.45, 7) is 4.75. The van der Waals surface area contributed by atoms with E-state index in [9.17, 15) is 4.79 Å². The van der Waals surface area contributed by atoms with E-state index in [0.717, 1.165) is 17.7 Å². The second kappa shape index (κ2) is 15.2. The first-order chi connectivity index (χ1) is 10.8. The van der Waals surface area contributed by atoms with Gasteiger partial charge in [-0.05, 0) is 12.0 Å². The van der Waals surface area contributed by atoms with Crippen LogP contribution in [0.4, 0.5) is 0 Å². The van der Waals surface area contributed by atoms with Gasteiger partial charge in [-0.15, -0.1) is 11.6 Å². The van der Waals surface area contributed by atoms with Crippen LogP contribution in [0.2, 0.25) is 0 Å². The van der Waals surface area contributed by atoms with Crippen LogP contribution in [0.15, 0.2) is 30.3 Å². The zero-order valence-electron chi connectivity index (χ0n) is 13.5. The van der Waals surface area contributed by atoms with Gasteiger partial charge in [0.15, 0.2) is 0 Å². The molecule has 0 radical (unpaired) electrons. The van der Waals surface area contributed by atoms with Gasteiger partial charge in [-0.1, -0.05) is 56.1 Å². The molecule has 4 nitrogen and oxygen atoms in total. The summed E-state index contributed by atoms with van der Waals surface area (Å²) in [6.07, 6.45) is 0.887. The average molecular weight is 348 g/mol. The number of rotatable bonds is 10. The fourth-order valence-corrected chi connectivity index (χ4v) is 2.51. The van der Waals surface area contributed by atoms with Gasteiger partial charge in [-0.25, -0.2) is 4.72 Å². The minimum absolute atomic E-state index is 0.273. The Balaban J connectivity index is 0.00000211. The van der Waals surface area contributed by atoms with Crippen molar-refractivity contribution in [1.82, 2.24) is 4.72 Å². The molecule has 0 heterocycles. The Labute approximate surface area is 143 Å². The fraction of sp³-hybridized carbons (Fsp3) is 0.562. The number of benzene rings is 1. The maximum atomic E-state index is 11.6. The van der Waals surface area contributed by atoms with Crippen LogP contribution in [0, 0.1) is 0 Å². The summed E-state index contributed by atoms with van der Waals surface area (Å²) < 4.78 is 13.4. The number of ether oxygens (including phenoxy) is 2. The number of hydrogen-bond acceptors (Lipinski definition) is 5. The lowest BCUT2D eigenvalue weighted by Gasteiger charge is -2.16. The molecule has 0 bridgehead atoms. The molecule has 1 aromatic carbocycles. The van der Waals surface area contributed by atoms with Gasteiger partial charge in [-0.2, -0.15) is 0 Å². The first-order valence-electron chi connectivity index (χ1n) is 7.40. The van der Waals surface area contributed by atoms with Crippen LogP contribution in [0.5, 0.6) is 0 Å². The highest BCUT2D eigenvalue weighted by atomic mass is 35.5. The number of alkyl halides is 1. The minimum atomic E-state index is -0.468. The Kier molecular flexibility index (Phi) is 14.6. The minimum Gasteiger partial charge on any atom is -0.468 e. The van der Waals surface area contributed by atoms with Crippen LogP contribution >= 0.6 is 23.5 Å². The van der Waals surface area contributed by atoms with Crippen LogP contribution in [-0.4, -0.2) is 37.4 Å². The van der Waals surface area contributed by atoms with Crippen LogP contribution in [0.3, 0.4) is 0 Å². The van der Waals surface area contributed by atoms with Crippen molar-refractivity contribution in [3.05, 3.63) is 35.9 Å². The molecule has 0 aliphatic heterocycles. The van der Waals surface area contributed by atoms with Gasteiger partial charge in [0.05, 0.1) is 20.3 Å². The van der Waals surface area contributed by atoms with E-state index in [-0.39, 0.29) is 12.6 Å². The molecule has 1 rings (SSSR count). The van der Waals surface area contributed by atoms with E-state index in [1.807, 2.05) is 44.2 Å². The zero-order chi connectivity index (χ0) is 16.6. The van der Waals surface area contributed by atoms with E-state index in [1.165, 1.54) is 19.1 Å². The maximum Gasteiger partial charge on any atom is 0.326 e. The van der Waals surface area contributed by atoms with Crippen LogP contribution < -0.4 is 4.72 Å². The normalized spacial score (nSPS) is 11.3. The molecule has 0 aromatic heterocycles. The highest BCUT2D eigenvalue weighted by Crippen LogP contribution is 2.05. The molecule has 0 amide bonds. The average Bonchev–Trinajstić information content (AvgIpc) is 2.59. The highest BCUT2D eigenvalue weighted by Gasteiger charge is 2.18. The predicted molar refractivity (Wildman–Crippen MR) is 94.2 cm³/mol. The fourth-order valence-electron chi connectivity index (χ4n) is 1.45. The molecule has 0 aliphatic carbocycles. The third-order valence-corrected chi connectivity index (χ3v) is 3.70. The molecule has 0 fully saturated rings. The molecule has 0 aliphatic rings. The Bertz CT molecular complexity index is 379. The van der Waals surface area contributed by atoms with Crippen molar-refractivity contribution >= 4 is 29.5 Å². The standard InChI is InChI=1S/C14H20ClNO3S.C2H6/c1-18-14(17)13(16-20-9-5-8-15)11-19-10-12-6-3-2-4-7-12;1-2/h2-4,6-7,13,16H,5,8-11H2,1H3;1-2H3. The van der Waals surface area contributed by atoms with Crippen molar-refractivity contribution in [3.63, 3.8) is 0 Å². The monoisotopic (exact) mass is 347 g/mol. The lowest BCUT2D eigenvalue weighted by atomic mass is 10.2. The molecule has 126 valence electrons. The number of carbonyl (C=O) groups excluding carboxylic acids is 1. The largest absolute Gasteiger partial charge is 0.468 e. The summed E-state index contributed by atoms with van der Waals surface area (Å²) in [7, 11) is 1.37. The van der Waals surface area contributed by atoms with Gasteiger partial charge in [0.25, 0.3) is 0 Å². The van der Waals surface area contributed by atoms with Crippen molar-refractivity contribution in [2.75, 3.05) is 25.3 Å². The molecule has 1 atom stereocenters. The summed E-state index contributed by atoms with van der Waals surface area (Å²) >= 11 is 7.06. The first-order valence-corrected chi connectivity index (χ1v) is 8.92. The van der Waals surface area contributed by atoms with Crippen LogP contribution in [-0.2, 0) is 20.9 Å². The third-order valence-electron chi connectivity index (χ3n) is 2.49. The number of methoxy groups -OCH3 is 1. The number of nitrogens with one attached hydrogen (secondary N) is 1. The Morgan fingerprint density at radius 2 is 2.00 bits per heavy atom. The molecule has 1 N–H and O–H groups in total. The van der Waals surface area contributed by atoms with Crippen molar-refractivity contribution < 1.29 is 14.3 Å². The molecular formula is C16H26ClNO3S. The molecule has 0 saturated heterocycles. The zero-order valence-corrected chi connectivity index (χ0v) is 15.1. The highest BCUT2D eigenvalue weighted by molar-refractivity contribution is 7.97. The van der Waals surface area contributed by atoms with E-state index < -0.39 is 6.04 Å². The van der Waals surface area contributed by atoms with E-state index in [1.54, 1.807) is 0 Å². The van der Waals surface area contributed by atoms with E-state index in [4.69, 9.17) is 21.1 Å². The van der Waals surface area contributed by atoms with Gasteiger partial charge in [-0.3, -0.25) is 4.79 Å². The molecule has 1 aromatic rings. The lowest BCUT2D eigenvalue weighted by Crippen LogP contribution is -2.38. The third kappa shape index (κ3) is 10.1. The number of hydrogen-bond donors (Lipinski definition) is 1. The molecule has 0 spiro atoms. The molecule has 6 heteroatoms. The number of carbonyl (C=O) groups is 1. The van der Waals surface area contributed by atoms with Crippen molar-refractivity contribution in [2.45, 2.75) is 32.9 Å². The topological polar surface area (TPSA) is 47.6 Å². The molecule has 1 unspecified atom stereocenters. The first kappa shape index (κ1) is 21.2.